The fourth-order valence-electron chi connectivity index (χ4n) is 4.22. The van der Waals surface area contributed by atoms with Crippen molar-refractivity contribution in [1.29, 1.82) is 0 Å². The van der Waals surface area contributed by atoms with E-state index in [4.69, 9.17) is 4.74 Å². The number of fused-ring (bicyclic) bond motifs is 1. The first-order chi connectivity index (χ1) is 15.1. The molecule has 0 saturated carbocycles. The fraction of sp³-hybridized carbons (Fsp3) is 0.304. The first-order valence-electron chi connectivity index (χ1n) is 10.4. The summed E-state index contributed by atoms with van der Waals surface area (Å²) in [5.74, 6) is 1.72. The zero-order valence-corrected chi connectivity index (χ0v) is 18.4. The van der Waals surface area contributed by atoms with Crippen LogP contribution in [0.25, 0.3) is 4.96 Å². The number of methoxy groups -OCH3 is 1. The summed E-state index contributed by atoms with van der Waals surface area (Å²) >= 11 is 1.51. The molecule has 8 heteroatoms. The summed E-state index contributed by atoms with van der Waals surface area (Å²) < 4.78 is 6.83. The highest BCUT2D eigenvalue weighted by Gasteiger charge is 2.31. The van der Waals surface area contributed by atoms with Crippen molar-refractivity contribution in [2.75, 3.05) is 38.2 Å². The van der Waals surface area contributed by atoms with Gasteiger partial charge in [0.25, 0.3) is 0 Å². The van der Waals surface area contributed by atoms with Crippen molar-refractivity contribution in [1.82, 2.24) is 19.5 Å². The second-order valence-electron chi connectivity index (χ2n) is 7.68. The lowest BCUT2D eigenvalue weighted by Gasteiger charge is -2.40. The van der Waals surface area contributed by atoms with E-state index in [-0.39, 0.29) is 11.9 Å². The Bertz CT molecular complexity index is 1160. The average molecular weight is 436 g/mol. The molecule has 31 heavy (non-hydrogen) atoms. The molecular formula is C23H25N5O2S. The maximum atomic E-state index is 11.0. The van der Waals surface area contributed by atoms with Crippen LogP contribution in [0.5, 0.6) is 11.6 Å². The van der Waals surface area contributed by atoms with Crippen molar-refractivity contribution < 1.29 is 9.84 Å². The monoisotopic (exact) mass is 435 g/mol. The van der Waals surface area contributed by atoms with Crippen LogP contribution in [0.4, 0.5) is 5.69 Å². The number of aromatic nitrogens is 3. The number of piperazine rings is 1. The normalized spacial score (nSPS) is 16.0. The summed E-state index contributed by atoms with van der Waals surface area (Å²) in [5, 5.41) is 15.3. The van der Waals surface area contributed by atoms with Crippen molar-refractivity contribution in [3.05, 3.63) is 70.9 Å². The first-order valence-corrected chi connectivity index (χ1v) is 11.2. The van der Waals surface area contributed by atoms with E-state index in [1.165, 1.54) is 17.0 Å². The Morgan fingerprint density at radius 1 is 1.00 bits per heavy atom. The van der Waals surface area contributed by atoms with E-state index < -0.39 is 0 Å². The lowest BCUT2D eigenvalue weighted by atomic mass is 10.0. The van der Waals surface area contributed by atoms with E-state index in [0.717, 1.165) is 47.3 Å². The van der Waals surface area contributed by atoms with Crippen LogP contribution in [-0.2, 0) is 0 Å². The van der Waals surface area contributed by atoms with Crippen molar-refractivity contribution in [3.8, 4) is 11.6 Å². The summed E-state index contributed by atoms with van der Waals surface area (Å²) in [6, 6.07) is 18.6. The maximum absolute atomic E-state index is 11.0. The molecule has 0 spiro atoms. The molecule has 2 aromatic heterocycles. The second-order valence-corrected chi connectivity index (χ2v) is 8.69. The summed E-state index contributed by atoms with van der Waals surface area (Å²) in [6.45, 7) is 5.44. The van der Waals surface area contributed by atoms with Crippen LogP contribution in [0.3, 0.4) is 0 Å². The molecule has 0 bridgehead atoms. The molecule has 1 N–H and O–H groups in total. The van der Waals surface area contributed by atoms with Gasteiger partial charge in [-0.3, -0.25) is 4.90 Å². The third-order valence-corrected chi connectivity index (χ3v) is 6.86. The first kappa shape index (κ1) is 19.8. The van der Waals surface area contributed by atoms with Crippen LogP contribution in [0.2, 0.25) is 0 Å². The van der Waals surface area contributed by atoms with Gasteiger partial charge in [0.2, 0.25) is 10.8 Å². The molecule has 1 atom stereocenters. The SMILES string of the molecule is COc1ccc(N2CCN([C@H](c3ccccc3)c3sc4nc(C)nn4c3O)CC2)cc1. The standard InChI is InChI=1S/C23H25N5O2S/c1-16-24-23-28(25-16)22(29)21(31-23)20(17-6-4-3-5-7-17)27-14-12-26(13-15-27)18-8-10-19(30-2)11-9-18/h3-11,20,29H,12-15H2,1-2H3/t20-/m1/s1. The van der Waals surface area contributed by atoms with Gasteiger partial charge in [0, 0.05) is 31.9 Å². The molecule has 5 rings (SSSR count). The van der Waals surface area contributed by atoms with Gasteiger partial charge in [-0.25, -0.2) is 4.98 Å². The minimum atomic E-state index is -0.0342. The van der Waals surface area contributed by atoms with Gasteiger partial charge in [0.05, 0.1) is 18.0 Å². The minimum absolute atomic E-state index is 0.0342. The molecule has 1 aliphatic heterocycles. The number of ether oxygens (including phenoxy) is 1. The highest BCUT2D eigenvalue weighted by molar-refractivity contribution is 7.17. The third kappa shape index (κ3) is 3.73. The number of anilines is 1. The zero-order chi connectivity index (χ0) is 21.4. The molecule has 3 heterocycles. The molecular weight excluding hydrogens is 410 g/mol. The van der Waals surface area contributed by atoms with E-state index >= 15 is 0 Å². The van der Waals surface area contributed by atoms with Crippen LogP contribution < -0.4 is 9.64 Å². The van der Waals surface area contributed by atoms with Crippen molar-refractivity contribution in [2.45, 2.75) is 13.0 Å². The van der Waals surface area contributed by atoms with Gasteiger partial charge >= 0.3 is 0 Å². The molecule has 0 unspecified atom stereocenters. The smallest absolute Gasteiger partial charge is 0.230 e. The number of hydrogen-bond donors (Lipinski definition) is 1. The molecule has 7 nitrogen and oxygen atoms in total. The van der Waals surface area contributed by atoms with Crippen molar-refractivity contribution >= 4 is 22.0 Å². The van der Waals surface area contributed by atoms with E-state index in [1.807, 2.05) is 37.3 Å². The Kier molecular flexibility index (Phi) is 5.25. The van der Waals surface area contributed by atoms with Crippen LogP contribution in [0, 0.1) is 6.92 Å². The van der Waals surface area contributed by atoms with E-state index in [0.29, 0.717) is 5.82 Å². The number of thiazole rings is 1. The van der Waals surface area contributed by atoms with Crippen molar-refractivity contribution in [2.24, 2.45) is 0 Å². The molecule has 0 radical (unpaired) electrons. The van der Waals surface area contributed by atoms with Gasteiger partial charge < -0.3 is 14.7 Å². The molecule has 160 valence electrons. The highest BCUT2D eigenvalue weighted by Crippen LogP contribution is 2.40. The molecule has 1 saturated heterocycles. The number of aromatic hydroxyl groups is 1. The van der Waals surface area contributed by atoms with Gasteiger partial charge in [-0.15, -0.1) is 5.10 Å². The predicted molar refractivity (Wildman–Crippen MR) is 122 cm³/mol. The summed E-state index contributed by atoms with van der Waals surface area (Å²) in [5.41, 5.74) is 2.37. The van der Waals surface area contributed by atoms with E-state index in [2.05, 4.69) is 44.1 Å². The topological polar surface area (TPSA) is 66.1 Å². The molecule has 2 aromatic carbocycles. The molecule has 4 aromatic rings. The van der Waals surface area contributed by atoms with Gasteiger partial charge in [0.15, 0.2) is 0 Å². The third-order valence-electron chi connectivity index (χ3n) is 5.79. The molecule has 1 aliphatic rings. The maximum Gasteiger partial charge on any atom is 0.230 e. The predicted octanol–water partition coefficient (Wildman–Crippen LogP) is 3.73. The Hall–Kier alpha value is -3.10. The minimum Gasteiger partial charge on any atom is -0.497 e. The fourth-order valence-corrected chi connectivity index (χ4v) is 5.38. The summed E-state index contributed by atoms with van der Waals surface area (Å²) in [7, 11) is 1.69. The van der Waals surface area contributed by atoms with E-state index in [9.17, 15) is 5.11 Å². The van der Waals surface area contributed by atoms with Gasteiger partial charge in [0.1, 0.15) is 11.6 Å². The molecule has 0 amide bonds. The zero-order valence-electron chi connectivity index (χ0n) is 17.6. The number of aryl methyl sites for hydroxylation is 1. The van der Waals surface area contributed by atoms with Gasteiger partial charge in [-0.1, -0.05) is 41.7 Å². The number of nitrogens with zero attached hydrogens (tertiary/aromatic N) is 5. The quantitative estimate of drug-likeness (QED) is 0.515. The summed E-state index contributed by atoms with van der Waals surface area (Å²) in [6.07, 6.45) is 0. The Balaban J connectivity index is 1.42. The Morgan fingerprint density at radius 3 is 2.35 bits per heavy atom. The van der Waals surface area contributed by atoms with Gasteiger partial charge in [-0.2, -0.15) is 4.52 Å². The van der Waals surface area contributed by atoms with Crippen LogP contribution in [0.15, 0.2) is 54.6 Å². The van der Waals surface area contributed by atoms with Crippen molar-refractivity contribution in [3.63, 3.8) is 0 Å². The number of hydrogen-bond acceptors (Lipinski definition) is 7. The largest absolute Gasteiger partial charge is 0.497 e. The molecule has 1 fully saturated rings. The Labute approximate surface area is 185 Å². The summed E-state index contributed by atoms with van der Waals surface area (Å²) in [4.78, 5) is 10.9. The van der Waals surface area contributed by atoms with Crippen LogP contribution >= 0.6 is 11.3 Å². The average Bonchev–Trinajstić information content (AvgIpc) is 3.32. The lowest BCUT2D eigenvalue weighted by molar-refractivity contribution is 0.211. The van der Waals surface area contributed by atoms with E-state index in [1.54, 1.807) is 11.6 Å². The number of rotatable bonds is 5. The highest BCUT2D eigenvalue weighted by atomic mass is 32.1. The Morgan fingerprint density at radius 2 is 1.71 bits per heavy atom. The van der Waals surface area contributed by atoms with Gasteiger partial charge in [-0.05, 0) is 36.8 Å². The number of benzene rings is 2. The lowest BCUT2D eigenvalue weighted by Crippen LogP contribution is -2.47. The second kappa shape index (κ2) is 8.20. The van der Waals surface area contributed by atoms with Crippen LogP contribution in [0.1, 0.15) is 22.3 Å². The van der Waals surface area contributed by atoms with Crippen LogP contribution in [-0.4, -0.2) is 57.9 Å². The molecule has 0 aliphatic carbocycles.